The second-order valence-corrected chi connectivity index (χ2v) is 7.86. The first-order chi connectivity index (χ1) is 15.5. The molecule has 32 heavy (non-hydrogen) atoms. The highest BCUT2D eigenvalue weighted by Gasteiger charge is 2.33. The number of carbonyl (C=O) groups excluding carboxylic acids is 1. The first-order valence-corrected chi connectivity index (χ1v) is 11.2. The highest BCUT2D eigenvalue weighted by Crippen LogP contribution is 2.40. The maximum Gasteiger partial charge on any atom is 0.266 e. The molecule has 1 amide bonds. The van der Waals surface area contributed by atoms with Crippen molar-refractivity contribution in [1.82, 2.24) is 4.90 Å². The summed E-state index contributed by atoms with van der Waals surface area (Å²) in [6, 6.07) is 11.1. The number of amidine groups is 1. The van der Waals surface area contributed by atoms with Crippen LogP contribution in [0, 0.1) is 0 Å². The van der Waals surface area contributed by atoms with Gasteiger partial charge in [-0.1, -0.05) is 6.92 Å². The number of aliphatic imine (C=N–C) groups is 1. The van der Waals surface area contributed by atoms with Crippen molar-refractivity contribution >= 4 is 34.6 Å². The Kier molecular flexibility index (Phi) is 8.05. The molecule has 3 rings (SSSR count). The normalized spacial score (nSPS) is 16.0. The van der Waals surface area contributed by atoms with Crippen molar-refractivity contribution in [3.05, 3.63) is 46.9 Å². The van der Waals surface area contributed by atoms with Gasteiger partial charge in [-0.15, -0.1) is 0 Å². The van der Waals surface area contributed by atoms with Gasteiger partial charge in [0.05, 0.1) is 38.5 Å². The van der Waals surface area contributed by atoms with E-state index in [-0.39, 0.29) is 5.91 Å². The van der Waals surface area contributed by atoms with Crippen LogP contribution in [-0.4, -0.2) is 50.5 Å². The Morgan fingerprint density at radius 2 is 1.66 bits per heavy atom. The Morgan fingerprint density at radius 3 is 2.19 bits per heavy atom. The highest BCUT2D eigenvalue weighted by molar-refractivity contribution is 8.18. The Balaban J connectivity index is 1.95. The Labute approximate surface area is 193 Å². The molecule has 0 atom stereocenters. The van der Waals surface area contributed by atoms with Gasteiger partial charge in [0.15, 0.2) is 16.7 Å². The third-order valence-corrected chi connectivity index (χ3v) is 5.70. The van der Waals surface area contributed by atoms with E-state index in [0.29, 0.717) is 40.5 Å². The lowest BCUT2D eigenvalue weighted by molar-refractivity contribution is -0.122. The number of thioether (sulfide) groups is 1. The number of hydrogen-bond donors (Lipinski definition) is 0. The fraction of sp³-hybridized carbons (Fsp3) is 0.333. The van der Waals surface area contributed by atoms with Crippen LogP contribution in [0.1, 0.15) is 25.8 Å². The molecule has 2 aromatic carbocycles. The molecule has 0 bridgehead atoms. The largest absolute Gasteiger partial charge is 0.494 e. The van der Waals surface area contributed by atoms with E-state index in [1.807, 2.05) is 56.3 Å². The fourth-order valence-electron chi connectivity index (χ4n) is 3.24. The van der Waals surface area contributed by atoms with Crippen molar-refractivity contribution in [2.45, 2.75) is 20.3 Å². The molecule has 0 saturated carbocycles. The van der Waals surface area contributed by atoms with E-state index in [1.165, 1.54) is 11.8 Å². The molecule has 0 N–H and O–H groups in total. The predicted molar refractivity (Wildman–Crippen MR) is 128 cm³/mol. The lowest BCUT2D eigenvalue weighted by atomic mass is 10.1. The van der Waals surface area contributed by atoms with E-state index in [2.05, 4.69) is 0 Å². The van der Waals surface area contributed by atoms with Gasteiger partial charge in [0.2, 0.25) is 5.75 Å². The van der Waals surface area contributed by atoms with Gasteiger partial charge in [0.1, 0.15) is 5.75 Å². The molecule has 1 heterocycles. The molecule has 7 nitrogen and oxygen atoms in total. The van der Waals surface area contributed by atoms with E-state index in [9.17, 15) is 4.79 Å². The summed E-state index contributed by atoms with van der Waals surface area (Å²) in [6.07, 6.45) is 2.65. The number of nitrogens with zero attached hydrogens (tertiary/aromatic N) is 2. The lowest BCUT2D eigenvalue weighted by Crippen LogP contribution is -2.29. The lowest BCUT2D eigenvalue weighted by Gasteiger charge is -2.14. The van der Waals surface area contributed by atoms with E-state index in [1.54, 1.807) is 26.2 Å². The number of amides is 1. The molecule has 0 spiro atoms. The first kappa shape index (κ1) is 23.5. The van der Waals surface area contributed by atoms with Crippen LogP contribution >= 0.6 is 11.8 Å². The molecule has 0 unspecified atom stereocenters. The van der Waals surface area contributed by atoms with Crippen molar-refractivity contribution in [2.75, 3.05) is 34.5 Å². The van der Waals surface area contributed by atoms with Crippen LogP contribution < -0.4 is 18.9 Å². The fourth-order valence-corrected chi connectivity index (χ4v) is 4.27. The molecule has 2 aromatic rings. The number of hydrogen-bond acceptors (Lipinski definition) is 7. The SMILES string of the molecule is CCCN1C(=O)C(=Cc2cc(OC)c(OC)c(OC)c2)SC1=Nc1ccc(OCC)cc1. The number of rotatable bonds is 9. The average molecular weight is 457 g/mol. The summed E-state index contributed by atoms with van der Waals surface area (Å²) < 4.78 is 21.7. The maximum absolute atomic E-state index is 13.1. The monoisotopic (exact) mass is 456 g/mol. The first-order valence-electron chi connectivity index (χ1n) is 10.4. The van der Waals surface area contributed by atoms with E-state index in [4.69, 9.17) is 23.9 Å². The van der Waals surface area contributed by atoms with Crippen molar-refractivity contribution in [3.8, 4) is 23.0 Å². The number of carbonyl (C=O) groups is 1. The molecule has 0 radical (unpaired) electrons. The number of benzene rings is 2. The van der Waals surface area contributed by atoms with Crippen molar-refractivity contribution in [1.29, 1.82) is 0 Å². The maximum atomic E-state index is 13.1. The van der Waals surface area contributed by atoms with E-state index < -0.39 is 0 Å². The van der Waals surface area contributed by atoms with Gasteiger partial charge in [0, 0.05) is 6.54 Å². The van der Waals surface area contributed by atoms with Crippen LogP contribution in [0.25, 0.3) is 6.08 Å². The molecule has 170 valence electrons. The quantitative estimate of drug-likeness (QED) is 0.488. The van der Waals surface area contributed by atoms with E-state index >= 15 is 0 Å². The minimum absolute atomic E-state index is 0.0738. The second kappa shape index (κ2) is 10.9. The van der Waals surface area contributed by atoms with Crippen molar-refractivity contribution in [2.24, 2.45) is 4.99 Å². The topological polar surface area (TPSA) is 69.6 Å². The molecule has 1 aliphatic heterocycles. The summed E-state index contributed by atoms with van der Waals surface area (Å²) >= 11 is 1.35. The standard InChI is InChI=1S/C24H28N2O5S/c1-6-12-26-23(27)21(15-16-13-19(28-3)22(30-5)20(14-16)29-4)32-24(26)25-17-8-10-18(11-9-17)31-7-2/h8-11,13-15H,6-7,12H2,1-5H3. The smallest absolute Gasteiger partial charge is 0.266 e. The van der Waals surface area contributed by atoms with Gasteiger partial charge in [-0.05, 0) is 73.1 Å². The zero-order valence-electron chi connectivity index (χ0n) is 19.0. The van der Waals surface area contributed by atoms with Crippen LogP contribution in [0.2, 0.25) is 0 Å². The summed E-state index contributed by atoms with van der Waals surface area (Å²) in [4.78, 5) is 20.1. The van der Waals surface area contributed by atoms with Crippen LogP contribution in [0.3, 0.4) is 0 Å². The van der Waals surface area contributed by atoms with Gasteiger partial charge in [-0.3, -0.25) is 9.69 Å². The second-order valence-electron chi connectivity index (χ2n) is 6.85. The summed E-state index contributed by atoms with van der Waals surface area (Å²) in [5.41, 5.74) is 1.54. The molecule has 1 aliphatic rings. The Morgan fingerprint density at radius 1 is 1.00 bits per heavy atom. The summed E-state index contributed by atoms with van der Waals surface area (Å²) in [6.45, 7) is 5.18. The number of ether oxygens (including phenoxy) is 4. The van der Waals surface area contributed by atoms with Crippen LogP contribution in [0.4, 0.5) is 5.69 Å². The Hall–Kier alpha value is -3.13. The summed E-state index contributed by atoms with van der Waals surface area (Å²) in [5.74, 6) is 2.29. The van der Waals surface area contributed by atoms with Crippen LogP contribution in [0.15, 0.2) is 46.3 Å². The Bertz CT molecular complexity index is 993. The molecule has 1 fully saturated rings. The zero-order chi connectivity index (χ0) is 23.1. The van der Waals surface area contributed by atoms with Gasteiger partial charge in [-0.2, -0.15) is 0 Å². The molecule has 8 heteroatoms. The van der Waals surface area contributed by atoms with Crippen molar-refractivity contribution in [3.63, 3.8) is 0 Å². The predicted octanol–water partition coefficient (Wildman–Crippen LogP) is 5.13. The minimum Gasteiger partial charge on any atom is -0.494 e. The highest BCUT2D eigenvalue weighted by atomic mass is 32.2. The average Bonchev–Trinajstić information content (AvgIpc) is 3.08. The molecule has 1 saturated heterocycles. The van der Waals surface area contributed by atoms with Crippen molar-refractivity contribution < 1.29 is 23.7 Å². The summed E-state index contributed by atoms with van der Waals surface area (Å²) in [5, 5.41) is 0.653. The molecule has 0 aromatic heterocycles. The number of methoxy groups -OCH3 is 3. The molecular formula is C24H28N2O5S. The van der Waals surface area contributed by atoms with Crippen LogP contribution in [-0.2, 0) is 4.79 Å². The molecular weight excluding hydrogens is 428 g/mol. The third-order valence-electron chi connectivity index (χ3n) is 4.69. The van der Waals surface area contributed by atoms with Gasteiger partial charge in [0.25, 0.3) is 5.91 Å². The zero-order valence-corrected chi connectivity index (χ0v) is 19.8. The van der Waals surface area contributed by atoms with E-state index in [0.717, 1.165) is 23.4 Å². The molecule has 0 aliphatic carbocycles. The third kappa shape index (κ3) is 5.19. The minimum atomic E-state index is -0.0738. The van der Waals surface area contributed by atoms with Gasteiger partial charge < -0.3 is 18.9 Å². The van der Waals surface area contributed by atoms with Gasteiger partial charge >= 0.3 is 0 Å². The van der Waals surface area contributed by atoms with Crippen LogP contribution in [0.5, 0.6) is 23.0 Å². The van der Waals surface area contributed by atoms with Gasteiger partial charge in [-0.25, -0.2) is 4.99 Å². The summed E-state index contributed by atoms with van der Waals surface area (Å²) in [7, 11) is 4.68.